The molecule has 0 radical (unpaired) electrons. The summed E-state index contributed by atoms with van der Waals surface area (Å²) in [5.41, 5.74) is 4.25. The van der Waals surface area contributed by atoms with Crippen LogP contribution in [-0.2, 0) is 6.42 Å². The van der Waals surface area contributed by atoms with E-state index in [0.717, 1.165) is 33.5 Å². The first-order valence-electron chi connectivity index (χ1n) is 10.8. The van der Waals surface area contributed by atoms with Gasteiger partial charge >= 0.3 is 6.03 Å². The highest BCUT2D eigenvalue weighted by Gasteiger charge is 2.35. The van der Waals surface area contributed by atoms with Gasteiger partial charge in [0.05, 0.1) is 25.9 Å². The van der Waals surface area contributed by atoms with E-state index in [4.69, 9.17) is 21.1 Å². The van der Waals surface area contributed by atoms with Crippen molar-refractivity contribution in [2.45, 2.75) is 12.5 Å². The maximum Gasteiger partial charge on any atom is 0.322 e. The molecule has 1 aliphatic rings. The van der Waals surface area contributed by atoms with Crippen molar-refractivity contribution >= 4 is 34.2 Å². The number of hydrogen-bond acceptors (Lipinski definition) is 3. The van der Waals surface area contributed by atoms with E-state index in [1.807, 2.05) is 18.2 Å². The van der Waals surface area contributed by atoms with Gasteiger partial charge in [-0.15, -0.1) is 0 Å². The van der Waals surface area contributed by atoms with Crippen molar-refractivity contribution in [1.29, 1.82) is 0 Å². The Morgan fingerprint density at radius 3 is 2.62 bits per heavy atom. The minimum absolute atomic E-state index is 0.309. The van der Waals surface area contributed by atoms with Crippen LogP contribution in [0.15, 0.2) is 60.7 Å². The summed E-state index contributed by atoms with van der Waals surface area (Å²) in [6, 6.07) is 16.4. The number of aromatic amines is 1. The second-order valence-corrected chi connectivity index (χ2v) is 8.54. The van der Waals surface area contributed by atoms with Crippen LogP contribution in [0.3, 0.4) is 0 Å². The fraction of sp³-hybridized carbons (Fsp3) is 0.192. The van der Waals surface area contributed by atoms with Crippen molar-refractivity contribution < 1.29 is 18.7 Å². The standard InChI is InChI=1S/C26H23ClFN3O3/c1-33-18-8-9-21-20(14-18)19-11-12-31(25(24(19)29-21)15-3-6-17(28)7-4-15)26(32)30-22-13-16(27)5-10-23(22)34-2/h3-10,13-14,25,29H,11-12H2,1-2H3,(H,30,32). The fourth-order valence-corrected chi connectivity index (χ4v) is 4.74. The summed E-state index contributed by atoms with van der Waals surface area (Å²) in [4.78, 5) is 18.8. The molecule has 8 heteroatoms. The van der Waals surface area contributed by atoms with E-state index < -0.39 is 6.04 Å². The zero-order chi connectivity index (χ0) is 23.8. The lowest BCUT2D eigenvalue weighted by Gasteiger charge is -2.36. The topological polar surface area (TPSA) is 66.6 Å². The molecule has 0 fully saturated rings. The van der Waals surface area contributed by atoms with Gasteiger partial charge < -0.3 is 24.7 Å². The number of urea groups is 1. The lowest BCUT2D eigenvalue weighted by molar-refractivity contribution is 0.193. The van der Waals surface area contributed by atoms with Crippen LogP contribution in [0, 0.1) is 5.82 Å². The summed E-state index contributed by atoms with van der Waals surface area (Å²) >= 11 is 6.15. The Morgan fingerprint density at radius 2 is 1.88 bits per heavy atom. The van der Waals surface area contributed by atoms with Crippen LogP contribution in [0.1, 0.15) is 22.9 Å². The monoisotopic (exact) mass is 479 g/mol. The predicted molar refractivity (Wildman–Crippen MR) is 131 cm³/mol. The number of amides is 2. The third kappa shape index (κ3) is 3.92. The molecule has 4 aromatic rings. The number of carbonyl (C=O) groups excluding carboxylic acids is 1. The Balaban J connectivity index is 1.58. The number of rotatable bonds is 4. The Bertz CT molecular complexity index is 1370. The molecule has 2 N–H and O–H groups in total. The molecule has 0 saturated heterocycles. The van der Waals surface area contributed by atoms with Crippen LogP contribution >= 0.6 is 11.6 Å². The number of nitrogens with one attached hydrogen (secondary N) is 2. The van der Waals surface area contributed by atoms with Gasteiger partial charge in [-0.3, -0.25) is 0 Å². The maximum atomic E-state index is 13.7. The number of carbonyl (C=O) groups is 1. The minimum Gasteiger partial charge on any atom is -0.497 e. The molecule has 1 aliphatic heterocycles. The number of methoxy groups -OCH3 is 2. The normalized spacial score (nSPS) is 15.2. The van der Waals surface area contributed by atoms with E-state index in [1.54, 1.807) is 42.3 Å². The number of H-pyrrole nitrogens is 1. The van der Waals surface area contributed by atoms with Crippen LogP contribution in [0.2, 0.25) is 5.02 Å². The molecule has 3 aromatic carbocycles. The zero-order valence-electron chi connectivity index (χ0n) is 18.7. The molecule has 6 nitrogen and oxygen atoms in total. The van der Waals surface area contributed by atoms with E-state index >= 15 is 0 Å². The first-order chi connectivity index (χ1) is 16.5. The molecule has 1 atom stereocenters. The van der Waals surface area contributed by atoms with E-state index in [9.17, 15) is 9.18 Å². The fourth-order valence-electron chi connectivity index (χ4n) is 4.57. The number of anilines is 1. The van der Waals surface area contributed by atoms with Gasteiger partial charge in [-0.1, -0.05) is 23.7 Å². The first-order valence-corrected chi connectivity index (χ1v) is 11.2. The SMILES string of the molecule is COc1ccc2[nH]c3c(c2c1)CCN(C(=O)Nc1cc(Cl)ccc1OC)C3c1ccc(F)cc1. The second-order valence-electron chi connectivity index (χ2n) is 8.10. The van der Waals surface area contributed by atoms with Gasteiger partial charge in [0.2, 0.25) is 0 Å². The smallest absolute Gasteiger partial charge is 0.322 e. The quantitative estimate of drug-likeness (QED) is 0.368. The van der Waals surface area contributed by atoms with Crippen LogP contribution in [0.5, 0.6) is 11.5 Å². The number of aromatic nitrogens is 1. The maximum absolute atomic E-state index is 13.7. The minimum atomic E-state index is -0.437. The number of halogens is 2. The van der Waals surface area contributed by atoms with Gasteiger partial charge in [0, 0.05) is 28.2 Å². The average Bonchev–Trinajstić information content (AvgIpc) is 3.22. The number of fused-ring (bicyclic) bond motifs is 3. The summed E-state index contributed by atoms with van der Waals surface area (Å²) in [6.07, 6.45) is 0.653. The van der Waals surface area contributed by atoms with Crippen LogP contribution in [-0.4, -0.2) is 36.7 Å². The highest BCUT2D eigenvalue weighted by Crippen LogP contribution is 2.40. The molecule has 34 heavy (non-hydrogen) atoms. The van der Waals surface area contributed by atoms with Gasteiger partial charge in [0.1, 0.15) is 17.3 Å². The Hall–Kier alpha value is -3.71. The average molecular weight is 480 g/mol. The largest absolute Gasteiger partial charge is 0.497 e. The Kier molecular flexibility index (Phi) is 5.79. The molecule has 5 rings (SSSR count). The van der Waals surface area contributed by atoms with Crippen molar-refractivity contribution in [3.8, 4) is 11.5 Å². The van der Waals surface area contributed by atoms with Crippen molar-refractivity contribution in [2.75, 3.05) is 26.1 Å². The van der Waals surface area contributed by atoms with E-state index in [2.05, 4.69) is 10.3 Å². The van der Waals surface area contributed by atoms with Crippen molar-refractivity contribution in [3.05, 3.63) is 88.3 Å². The number of hydrogen-bond donors (Lipinski definition) is 2. The number of nitrogens with zero attached hydrogens (tertiary/aromatic N) is 1. The van der Waals surface area contributed by atoms with Crippen molar-refractivity contribution in [1.82, 2.24) is 9.88 Å². The van der Waals surface area contributed by atoms with Gasteiger partial charge in [0.15, 0.2) is 0 Å². The summed E-state index contributed by atoms with van der Waals surface area (Å²) < 4.78 is 24.5. The molecule has 2 heterocycles. The number of ether oxygens (including phenoxy) is 2. The van der Waals surface area contributed by atoms with E-state index in [-0.39, 0.29) is 11.8 Å². The third-order valence-electron chi connectivity index (χ3n) is 6.18. The first kappa shape index (κ1) is 22.1. The van der Waals surface area contributed by atoms with Gasteiger partial charge in [-0.2, -0.15) is 0 Å². The highest BCUT2D eigenvalue weighted by atomic mass is 35.5. The van der Waals surface area contributed by atoms with Crippen LogP contribution < -0.4 is 14.8 Å². The van der Waals surface area contributed by atoms with Gasteiger partial charge in [-0.05, 0) is 66.1 Å². The molecule has 0 bridgehead atoms. The molecule has 2 amide bonds. The molecule has 0 saturated carbocycles. The van der Waals surface area contributed by atoms with Crippen molar-refractivity contribution in [2.24, 2.45) is 0 Å². The summed E-state index contributed by atoms with van der Waals surface area (Å²) in [6.45, 7) is 0.466. The molecule has 0 aliphatic carbocycles. The summed E-state index contributed by atoms with van der Waals surface area (Å²) in [5.74, 6) is 0.938. The summed E-state index contributed by atoms with van der Waals surface area (Å²) in [5, 5.41) is 4.47. The molecule has 0 spiro atoms. The second kappa shape index (κ2) is 8.91. The van der Waals surface area contributed by atoms with Gasteiger partial charge in [0.25, 0.3) is 0 Å². The van der Waals surface area contributed by atoms with Crippen LogP contribution in [0.25, 0.3) is 10.9 Å². The Labute approximate surface area is 201 Å². The third-order valence-corrected chi connectivity index (χ3v) is 6.42. The molecule has 174 valence electrons. The molecule has 1 unspecified atom stereocenters. The lowest BCUT2D eigenvalue weighted by atomic mass is 9.92. The molecular weight excluding hydrogens is 457 g/mol. The van der Waals surface area contributed by atoms with Crippen molar-refractivity contribution in [3.63, 3.8) is 0 Å². The molecular formula is C26H23ClFN3O3. The van der Waals surface area contributed by atoms with Crippen LogP contribution in [0.4, 0.5) is 14.9 Å². The zero-order valence-corrected chi connectivity index (χ0v) is 19.4. The lowest BCUT2D eigenvalue weighted by Crippen LogP contribution is -2.43. The number of benzene rings is 3. The highest BCUT2D eigenvalue weighted by molar-refractivity contribution is 6.31. The van der Waals surface area contributed by atoms with E-state index in [0.29, 0.717) is 29.4 Å². The Morgan fingerprint density at radius 1 is 1.09 bits per heavy atom. The van der Waals surface area contributed by atoms with E-state index in [1.165, 1.54) is 19.2 Å². The molecule has 1 aromatic heterocycles. The van der Waals surface area contributed by atoms with Gasteiger partial charge in [-0.25, -0.2) is 9.18 Å². The summed E-state index contributed by atoms with van der Waals surface area (Å²) in [7, 11) is 3.17. The predicted octanol–water partition coefficient (Wildman–Crippen LogP) is 6.16.